The molecule has 11 heteroatoms. The molecule has 0 radical (unpaired) electrons. The maximum absolute atomic E-state index is 13.4. The fraction of sp³-hybridized carbons (Fsp3) is 0.357. The summed E-state index contributed by atoms with van der Waals surface area (Å²) in [5, 5.41) is 11.1. The number of Topliss-reactive ketones (excluding diaryl/α,β-unsaturated/α-hetero) is 1. The van der Waals surface area contributed by atoms with E-state index in [-0.39, 0.29) is 6.07 Å². The number of nitrogens with one attached hydrogen (secondary N) is 1. The minimum absolute atomic E-state index is 0.0390. The van der Waals surface area contributed by atoms with E-state index in [1.54, 1.807) is 0 Å². The predicted octanol–water partition coefficient (Wildman–Crippen LogP) is 0.498. The average Bonchev–Trinajstić information content (AvgIpc) is 2.51. The Bertz CT molecular complexity index is 672. The van der Waals surface area contributed by atoms with Gasteiger partial charge in [0.05, 0.1) is 18.5 Å². The molecule has 1 aromatic carbocycles. The van der Waals surface area contributed by atoms with Crippen molar-refractivity contribution in [2.24, 2.45) is 5.73 Å². The number of carbonyl (C=O) groups excluding carboxylic acids is 2. The van der Waals surface area contributed by atoms with Gasteiger partial charge < -0.3 is 15.6 Å². The molecule has 0 aliphatic rings. The van der Waals surface area contributed by atoms with E-state index in [4.69, 9.17) is 10.8 Å². The summed E-state index contributed by atoms with van der Waals surface area (Å²) in [5.41, 5.74) is 4.98. The van der Waals surface area contributed by atoms with Gasteiger partial charge >= 0.3 is 5.97 Å². The Morgan fingerprint density at radius 3 is 2.16 bits per heavy atom. The molecule has 4 N–H and O–H groups in total. The number of ether oxygens (including phenoxy) is 1. The molecule has 1 amide bonds. The van der Waals surface area contributed by atoms with Crippen LogP contribution in [0.1, 0.15) is 13.3 Å². The van der Waals surface area contributed by atoms with E-state index in [2.05, 4.69) is 10.1 Å². The molecule has 0 spiro atoms. The van der Waals surface area contributed by atoms with Crippen LogP contribution in [0.5, 0.6) is 5.75 Å². The van der Waals surface area contributed by atoms with Crippen LogP contribution < -0.4 is 15.8 Å². The zero-order valence-corrected chi connectivity index (χ0v) is 12.8. The predicted molar refractivity (Wildman–Crippen MR) is 74.6 cm³/mol. The molecule has 7 nitrogen and oxygen atoms in total. The van der Waals surface area contributed by atoms with Gasteiger partial charge in [0.25, 0.3) is 0 Å². The first kappa shape index (κ1) is 20.4. The van der Waals surface area contributed by atoms with Crippen molar-refractivity contribution < 1.29 is 41.8 Å². The molecular formula is C14H14F4N2O5. The topological polar surface area (TPSA) is 119 Å². The quantitative estimate of drug-likeness (QED) is 0.433. The largest absolute Gasteiger partial charge is 0.481 e. The van der Waals surface area contributed by atoms with Crippen molar-refractivity contribution in [1.29, 1.82) is 0 Å². The van der Waals surface area contributed by atoms with Crippen LogP contribution in [0.15, 0.2) is 6.07 Å². The minimum atomic E-state index is -1.85. The van der Waals surface area contributed by atoms with Crippen molar-refractivity contribution in [3.05, 3.63) is 29.3 Å². The number of ketones is 1. The summed E-state index contributed by atoms with van der Waals surface area (Å²) in [6.45, 7) is 0.153. The maximum atomic E-state index is 13.4. The number of halogens is 4. The van der Waals surface area contributed by atoms with Crippen molar-refractivity contribution in [2.75, 3.05) is 6.61 Å². The summed E-state index contributed by atoms with van der Waals surface area (Å²) in [4.78, 5) is 33.7. The number of carboxylic acid groups (broad SMARTS) is 1. The Balaban J connectivity index is 2.91. The van der Waals surface area contributed by atoms with Crippen LogP contribution in [-0.4, -0.2) is 41.5 Å². The minimum Gasteiger partial charge on any atom is -0.481 e. The summed E-state index contributed by atoms with van der Waals surface area (Å²) in [6, 6.07) is -2.61. The Kier molecular flexibility index (Phi) is 6.86. The third-order valence-electron chi connectivity index (χ3n) is 3.08. The molecule has 1 aromatic rings. The van der Waals surface area contributed by atoms with Gasteiger partial charge in [0, 0.05) is 6.07 Å². The second kappa shape index (κ2) is 8.42. The van der Waals surface area contributed by atoms with Gasteiger partial charge in [-0.1, -0.05) is 0 Å². The average molecular weight is 366 g/mol. The van der Waals surface area contributed by atoms with Gasteiger partial charge in [0.1, 0.15) is 6.61 Å². The molecule has 0 saturated carbocycles. The molecule has 25 heavy (non-hydrogen) atoms. The van der Waals surface area contributed by atoms with Gasteiger partial charge in [-0.05, 0) is 6.92 Å². The third-order valence-corrected chi connectivity index (χ3v) is 3.08. The lowest BCUT2D eigenvalue weighted by Gasteiger charge is -2.19. The van der Waals surface area contributed by atoms with Crippen molar-refractivity contribution in [2.45, 2.75) is 25.4 Å². The van der Waals surface area contributed by atoms with Gasteiger partial charge in [0.15, 0.2) is 23.2 Å². The number of hydrogen-bond donors (Lipinski definition) is 3. The number of nitrogens with two attached hydrogens (primary N) is 1. The lowest BCUT2D eigenvalue weighted by Crippen LogP contribution is -2.50. The molecule has 0 aromatic heterocycles. The van der Waals surface area contributed by atoms with Crippen molar-refractivity contribution in [3.63, 3.8) is 0 Å². The monoisotopic (exact) mass is 366 g/mol. The molecule has 0 heterocycles. The van der Waals surface area contributed by atoms with Crippen molar-refractivity contribution in [1.82, 2.24) is 5.32 Å². The lowest BCUT2D eigenvalue weighted by atomic mass is 10.1. The highest BCUT2D eigenvalue weighted by Crippen LogP contribution is 2.26. The van der Waals surface area contributed by atoms with Crippen LogP contribution in [0.2, 0.25) is 0 Å². The second-order valence-corrected chi connectivity index (χ2v) is 4.99. The summed E-state index contributed by atoms with van der Waals surface area (Å²) >= 11 is 0. The fourth-order valence-corrected chi connectivity index (χ4v) is 1.75. The van der Waals surface area contributed by atoms with E-state index in [0.29, 0.717) is 0 Å². The molecule has 138 valence electrons. The van der Waals surface area contributed by atoms with E-state index in [0.717, 1.165) is 0 Å². The molecule has 0 aliphatic carbocycles. The molecule has 0 bridgehead atoms. The smallest absolute Gasteiger partial charge is 0.305 e. The summed E-state index contributed by atoms with van der Waals surface area (Å²) in [5.74, 6) is -11.9. The third kappa shape index (κ3) is 5.41. The first-order valence-corrected chi connectivity index (χ1v) is 6.80. The molecule has 0 fully saturated rings. The standard InChI is InChI=1S/C14H14F4N2O5/c1-5(14(19)24)20-8(3-10(22)23)9(21)4-25-13-11(17)6(15)2-7(16)12(13)18/h2,5,8,20H,3-4H2,1H3,(H2,19,24)(H,22,23)/t5-,8-/m0/s1. The maximum Gasteiger partial charge on any atom is 0.305 e. The van der Waals surface area contributed by atoms with E-state index in [1.807, 2.05) is 0 Å². The highest BCUT2D eigenvalue weighted by Gasteiger charge is 2.27. The fourth-order valence-electron chi connectivity index (χ4n) is 1.75. The Morgan fingerprint density at radius 2 is 1.72 bits per heavy atom. The highest BCUT2D eigenvalue weighted by atomic mass is 19.2. The number of rotatable bonds is 9. The Labute approximate surface area is 138 Å². The Hall–Kier alpha value is -2.69. The van der Waals surface area contributed by atoms with E-state index in [1.165, 1.54) is 6.92 Å². The van der Waals surface area contributed by atoms with Gasteiger partial charge in [-0.15, -0.1) is 0 Å². The lowest BCUT2D eigenvalue weighted by molar-refractivity contribution is -0.140. The number of carbonyl (C=O) groups is 3. The van der Waals surface area contributed by atoms with Crippen molar-refractivity contribution in [3.8, 4) is 5.75 Å². The van der Waals surface area contributed by atoms with Gasteiger partial charge in [-0.3, -0.25) is 19.7 Å². The first-order valence-electron chi connectivity index (χ1n) is 6.80. The van der Waals surface area contributed by atoms with Crippen LogP contribution in [0, 0.1) is 23.3 Å². The van der Waals surface area contributed by atoms with Crippen LogP contribution in [0.4, 0.5) is 17.6 Å². The number of carboxylic acids is 1. The zero-order chi connectivity index (χ0) is 19.3. The first-order chi connectivity index (χ1) is 11.5. The summed E-state index contributed by atoms with van der Waals surface area (Å²) in [6.07, 6.45) is -0.789. The second-order valence-electron chi connectivity index (χ2n) is 4.99. The molecule has 2 atom stereocenters. The van der Waals surface area contributed by atoms with Crippen molar-refractivity contribution >= 4 is 17.7 Å². The van der Waals surface area contributed by atoms with E-state index < -0.39 is 71.8 Å². The highest BCUT2D eigenvalue weighted by molar-refractivity contribution is 5.90. The number of hydrogen-bond acceptors (Lipinski definition) is 5. The SMILES string of the molecule is C[C@H](N[C@@H](CC(=O)O)C(=O)COc1c(F)c(F)cc(F)c1F)C(N)=O. The van der Waals surface area contributed by atoms with Crippen LogP contribution in [0.3, 0.4) is 0 Å². The van der Waals surface area contributed by atoms with Crippen LogP contribution in [0.25, 0.3) is 0 Å². The zero-order valence-electron chi connectivity index (χ0n) is 12.8. The Morgan fingerprint density at radius 1 is 1.20 bits per heavy atom. The number of aliphatic carboxylic acids is 1. The number of primary amides is 1. The number of amides is 1. The van der Waals surface area contributed by atoms with E-state index in [9.17, 15) is 31.9 Å². The summed E-state index contributed by atoms with van der Waals surface area (Å²) in [7, 11) is 0. The molecule has 0 unspecified atom stereocenters. The van der Waals surface area contributed by atoms with Gasteiger partial charge in [0.2, 0.25) is 17.5 Å². The van der Waals surface area contributed by atoms with Gasteiger partial charge in [-0.2, -0.15) is 8.78 Å². The van der Waals surface area contributed by atoms with Crippen LogP contribution >= 0.6 is 0 Å². The normalized spacial score (nSPS) is 13.2. The molecular weight excluding hydrogens is 352 g/mol. The van der Waals surface area contributed by atoms with E-state index >= 15 is 0 Å². The van der Waals surface area contributed by atoms with Crippen LogP contribution in [-0.2, 0) is 14.4 Å². The van der Waals surface area contributed by atoms with Gasteiger partial charge in [-0.25, -0.2) is 8.78 Å². The molecule has 0 saturated heterocycles. The summed E-state index contributed by atoms with van der Waals surface area (Å²) < 4.78 is 57.4. The molecule has 0 aliphatic heterocycles. The molecule has 1 rings (SSSR count). The number of benzene rings is 1.